The van der Waals surface area contributed by atoms with Crippen molar-refractivity contribution in [3.8, 4) is 0 Å². The maximum absolute atomic E-state index is 14.1. The van der Waals surface area contributed by atoms with Gasteiger partial charge < -0.3 is 9.64 Å². The Kier molecular flexibility index (Phi) is 9.51. The highest BCUT2D eigenvalue weighted by molar-refractivity contribution is 7.89. The smallest absolute Gasteiger partial charge is 0.218 e. The Morgan fingerprint density at radius 2 is 1.53 bits per heavy atom. The average Bonchev–Trinajstić information content (AvgIpc) is 2.88. The molecular weight excluding hydrogens is 494 g/mol. The molecule has 220 valence electrons. The van der Waals surface area contributed by atoms with Crippen molar-refractivity contribution in [1.82, 2.24) is 14.1 Å². The van der Waals surface area contributed by atoms with E-state index in [1.807, 2.05) is 11.4 Å². The van der Waals surface area contributed by atoms with Gasteiger partial charge in [-0.05, 0) is 120 Å². The molecule has 0 N–H and O–H groups in total. The number of fused-ring (bicyclic) bond motifs is 1. The van der Waals surface area contributed by atoms with Crippen molar-refractivity contribution in [1.29, 1.82) is 0 Å². The van der Waals surface area contributed by atoms with E-state index >= 15 is 0 Å². The molecule has 7 heteroatoms. The number of methoxy groups -OCH3 is 1. The lowest BCUT2D eigenvalue weighted by atomic mass is 9.60. The summed E-state index contributed by atoms with van der Waals surface area (Å²) in [5.41, 5.74) is 0. The minimum Gasteiger partial charge on any atom is -0.383 e. The minimum absolute atomic E-state index is 0.0916. The van der Waals surface area contributed by atoms with E-state index in [0.717, 1.165) is 69.1 Å². The molecule has 6 unspecified atom stereocenters. The molecule has 0 amide bonds. The standard InChI is InChI=1S/C31H57N3O3S/c1-22-10-8-11-27(23(22)2)25-13-15-26(16-14-25)31-28-20-33(18-6-7-19-34(28)29(31)21-37-5)38(35,36)30-12-9-17-32(4)24(30)3/h22-31H,6-21H2,1-5H3/t22?,23?,24?,25?,26?,27?,28?,29-,30?,31+/m1/s1. The molecule has 8 atom stereocenters. The second-order valence-electron chi connectivity index (χ2n) is 14.0. The number of ether oxygens (including phenoxy) is 1. The van der Waals surface area contributed by atoms with Crippen molar-refractivity contribution >= 4 is 10.0 Å². The lowest BCUT2D eigenvalue weighted by Gasteiger charge is -2.60. The Morgan fingerprint density at radius 1 is 0.816 bits per heavy atom. The first-order valence-corrected chi connectivity index (χ1v) is 17.7. The Bertz CT molecular complexity index is 876. The third kappa shape index (κ3) is 5.62. The molecule has 3 saturated heterocycles. The van der Waals surface area contributed by atoms with Gasteiger partial charge in [0.25, 0.3) is 0 Å². The van der Waals surface area contributed by atoms with Crippen molar-refractivity contribution in [3.05, 3.63) is 0 Å². The maximum atomic E-state index is 14.1. The van der Waals surface area contributed by atoms with Crippen LogP contribution in [0, 0.1) is 35.5 Å². The first kappa shape index (κ1) is 29.3. The number of hydrogen-bond acceptors (Lipinski definition) is 5. The van der Waals surface area contributed by atoms with E-state index in [1.54, 1.807) is 0 Å². The summed E-state index contributed by atoms with van der Waals surface area (Å²) in [4.78, 5) is 4.89. The van der Waals surface area contributed by atoms with E-state index in [1.165, 1.54) is 44.9 Å². The highest BCUT2D eigenvalue weighted by Gasteiger charge is 2.54. The zero-order valence-corrected chi connectivity index (χ0v) is 25.9. The molecular formula is C31H57N3O3S. The number of piperidine rings is 1. The van der Waals surface area contributed by atoms with Crippen LogP contribution in [0.4, 0.5) is 0 Å². The minimum atomic E-state index is -3.31. The average molecular weight is 552 g/mol. The van der Waals surface area contributed by atoms with Gasteiger partial charge >= 0.3 is 0 Å². The summed E-state index contributed by atoms with van der Waals surface area (Å²) in [6.07, 6.45) is 13.5. The number of likely N-dealkylation sites (tertiary alicyclic amines) is 1. The number of hydrogen-bond donors (Lipinski definition) is 0. The van der Waals surface area contributed by atoms with E-state index in [-0.39, 0.29) is 11.3 Å². The Hall–Kier alpha value is -0.210. The number of nitrogens with zero attached hydrogens (tertiary/aromatic N) is 3. The van der Waals surface area contributed by atoms with Crippen molar-refractivity contribution in [3.63, 3.8) is 0 Å². The molecule has 0 radical (unpaired) electrons. The third-order valence-corrected chi connectivity index (χ3v) is 14.7. The van der Waals surface area contributed by atoms with Gasteiger partial charge in [0.2, 0.25) is 10.0 Å². The molecule has 3 aliphatic heterocycles. The molecule has 0 aromatic rings. The molecule has 0 bridgehead atoms. The molecule has 0 aromatic carbocycles. The first-order valence-electron chi connectivity index (χ1n) is 16.2. The van der Waals surface area contributed by atoms with Crippen molar-refractivity contribution < 1.29 is 13.2 Å². The Balaban J connectivity index is 1.29. The van der Waals surface area contributed by atoms with Gasteiger partial charge in [0.05, 0.1) is 11.9 Å². The summed E-state index contributed by atoms with van der Waals surface area (Å²) < 4.78 is 35.8. The SMILES string of the molecule is COC[C@@H]1[C@@H](C2CCC(C3CCCC(C)C3C)CC2)C2CN(S(=O)(=O)C3CCCN(C)C3C)CCCCN21. The first-order chi connectivity index (χ1) is 18.2. The predicted octanol–water partition coefficient (Wildman–Crippen LogP) is 5.09. The molecule has 0 aromatic heterocycles. The van der Waals surface area contributed by atoms with Crippen LogP contribution in [0.1, 0.15) is 91.4 Å². The van der Waals surface area contributed by atoms with Gasteiger partial charge in [0.1, 0.15) is 0 Å². The van der Waals surface area contributed by atoms with Crippen LogP contribution in [0.15, 0.2) is 0 Å². The maximum Gasteiger partial charge on any atom is 0.218 e. The summed E-state index contributed by atoms with van der Waals surface area (Å²) >= 11 is 0. The van der Waals surface area contributed by atoms with E-state index in [2.05, 4.69) is 37.6 Å². The molecule has 2 saturated carbocycles. The third-order valence-electron chi connectivity index (χ3n) is 12.3. The molecule has 6 nitrogen and oxygen atoms in total. The largest absolute Gasteiger partial charge is 0.383 e. The fourth-order valence-electron chi connectivity index (χ4n) is 9.63. The van der Waals surface area contributed by atoms with Gasteiger partial charge in [0.15, 0.2) is 0 Å². The van der Waals surface area contributed by atoms with Gasteiger partial charge in [-0.25, -0.2) is 12.7 Å². The van der Waals surface area contributed by atoms with Crippen LogP contribution < -0.4 is 0 Å². The number of rotatable bonds is 6. The predicted molar refractivity (Wildman–Crippen MR) is 156 cm³/mol. The van der Waals surface area contributed by atoms with Gasteiger partial charge in [0, 0.05) is 38.3 Å². The lowest BCUT2D eigenvalue weighted by Crippen LogP contribution is -2.71. The number of sulfonamides is 1. The van der Waals surface area contributed by atoms with Crippen molar-refractivity contribution in [2.75, 3.05) is 46.9 Å². The molecule has 5 rings (SSSR count). The molecule has 38 heavy (non-hydrogen) atoms. The quantitative estimate of drug-likeness (QED) is 0.460. The molecule has 5 aliphatic rings. The van der Waals surface area contributed by atoms with E-state index in [0.29, 0.717) is 37.0 Å². The summed E-state index contributed by atoms with van der Waals surface area (Å²) in [6.45, 7) is 11.4. The van der Waals surface area contributed by atoms with Gasteiger partial charge in [-0.1, -0.05) is 26.7 Å². The molecule has 5 fully saturated rings. The molecule has 0 spiro atoms. The summed E-state index contributed by atoms with van der Waals surface area (Å²) in [5.74, 6) is 4.86. The fraction of sp³-hybridized carbons (Fsp3) is 1.00. The van der Waals surface area contributed by atoms with Gasteiger partial charge in [-0.2, -0.15) is 0 Å². The zero-order chi connectivity index (χ0) is 27.0. The van der Waals surface area contributed by atoms with Crippen molar-refractivity contribution in [2.45, 2.75) is 115 Å². The van der Waals surface area contributed by atoms with Gasteiger partial charge in [-0.15, -0.1) is 0 Å². The van der Waals surface area contributed by atoms with Gasteiger partial charge in [-0.3, -0.25) is 4.90 Å². The topological polar surface area (TPSA) is 53.1 Å². The van der Waals surface area contributed by atoms with E-state index < -0.39 is 10.0 Å². The highest BCUT2D eigenvalue weighted by atomic mass is 32.2. The van der Waals surface area contributed by atoms with Crippen LogP contribution >= 0.6 is 0 Å². The van der Waals surface area contributed by atoms with Crippen LogP contribution in [-0.4, -0.2) is 92.8 Å². The van der Waals surface area contributed by atoms with Crippen LogP contribution in [0.5, 0.6) is 0 Å². The Labute approximate surface area is 234 Å². The molecule has 3 heterocycles. The highest BCUT2D eigenvalue weighted by Crippen LogP contribution is 2.50. The van der Waals surface area contributed by atoms with Crippen LogP contribution in [0.3, 0.4) is 0 Å². The zero-order valence-electron chi connectivity index (χ0n) is 25.1. The summed E-state index contributed by atoms with van der Waals surface area (Å²) in [5, 5.41) is -0.266. The lowest BCUT2D eigenvalue weighted by molar-refractivity contribution is -0.128. The Morgan fingerprint density at radius 3 is 2.26 bits per heavy atom. The molecule has 2 aliphatic carbocycles. The fourth-order valence-corrected chi connectivity index (χ4v) is 11.9. The van der Waals surface area contributed by atoms with Crippen molar-refractivity contribution in [2.24, 2.45) is 35.5 Å². The second-order valence-corrected chi connectivity index (χ2v) is 16.2. The monoisotopic (exact) mass is 551 g/mol. The summed E-state index contributed by atoms with van der Waals surface area (Å²) in [6, 6.07) is 0.911. The van der Waals surface area contributed by atoms with Crippen LogP contribution in [0.2, 0.25) is 0 Å². The van der Waals surface area contributed by atoms with Crippen LogP contribution in [-0.2, 0) is 14.8 Å². The van der Waals surface area contributed by atoms with E-state index in [9.17, 15) is 8.42 Å². The van der Waals surface area contributed by atoms with E-state index in [4.69, 9.17) is 4.74 Å². The normalized spacial score (nSPS) is 44.6. The summed E-state index contributed by atoms with van der Waals surface area (Å²) in [7, 11) is 0.615. The second kappa shape index (κ2) is 12.3. The van der Waals surface area contributed by atoms with Crippen LogP contribution in [0.25, 0.3) is 0 Å².